The number of piperazine rings is 1. The van der Waals surface area contributed by atoms with E-state index in [4.69, 9.17) is 0 Å². The second-order valence-electron chi connectivity index (χ2n) is 3.52. The van der Waals surface area contributed by atoms with Crippen molar-refractivity contribution in [3.8, 4) is 0 Å². The van der Waals surface area contributed by atoms with Crippen LogP contribution < -0.4 is 0 Å². The van der Waals surface area contributed by atoms with E-state index >= 15 is 0 Å². The highest BCUT2D eigenvalue weighted by atomic mass is 16.2. The maximum Gasteiger partial charge on any atom is 0.222 e. The van der Waals surface area contributed by atoms with Crippen molar-refractivity contribution in [2.24, 2.45) is 0 Å². The van der Waals surface area contributed by atoms with Gasteiger partial charge in [-0.25, -0.2) is 0 Å². The third-order valence-electron chi connectivity index (χ3n) is 2.61. The van der Waals surface area contributed by atoms with E-state index < -0.39 is 0 Å². The standard InChI is InChI=1S/C9H18N2O.C2H6/c1-4-9(12)11-6-5-10(3)8(2)7-11;1-2/h8H,4-7H2,1-3H3;1-2H3. The lowest BCUT2D eigenvalue weighted by atomic mass is 10.2. The Morgan fingerprint density at radius 2 is 1.93 bits per heavy atom. The molecule has 3 heteroatoms. The van der Waals surface area contributed by atoms with Crippen LogP contribution in [-0.4, -0.2) is 48.4 Å². The Bertz CT molecular complexity index is 171. The van der Waals surface area contributed by atoms with Gasteiger partial charge in [0.1, 0.15) is 0 Å². The highest BCUT2D eigenvalue weighted by molar-refractivity contribution is 5.75. The summed E-state index contributed by atoms with van der Waals surface area (Å²) < 4.78 is 0. The summed E-state index contributed by atoms with van der Waals surface area (Å²) >= 11 is 0. The first-order valence-corrected chi connectivity index (χ1v) is 5.63. The van der Waals surface area contributed by atoms with Crippen molar-refractivity contribution in [2.45, 2.75) is 40.2 Å². The molecule has 0 aromatic heterocycles. The minimum absolute atomic E-state index is 0.287. The van der Waals surface area contributed by atoms with Crippen molar-refractivity contribution in [1.29, 1.82) is 0 Å². The second-order valence-corrected chi connectivity index (χ2v) is 3.52. The zero-order valence-electron chi connectivity index (χ0n) is 10.2. The molecule has 0 radical (unpaired) electrons. The van der Waals surface area contributed by atoms with Gasteiger partial charge in [0.05, 0.1) is 0 Å². The highest BCUT2D eigenvalue weighted by Gasteiger charge is 2.22. The number of carbonyl (C=O) groups excluding carboxylic acids is 1. The molecule has 3 nitrogen and oxygen atoms in total. The predicted octanol–water partition coefficient (Wildman–Crippen LogP) is 1.59. The fourth-order valence-corrected chi connectivity index (χ4v) is 1.50. The van der Waals surface area contributed by atoms with Gasteiger partial charge in [-0.3, -0.25) is 4.79 Å². The van der Waals surface area contributed by atoms with E-state index in [0.717, 1.165) is 19.6 Å². The summed E-state index contributed by atoms with van der Waals surface area (Å²) in [6.07, 6.45) is 0.635. The molecule has 1 amide bonds. The van der Waals surface area contributed by atoms with Crippen LogP contribution >= 0.6 is 0 Å². The maximum absolute atomic E-state index is 11.3. The number of likely N-dealkylation sites (N-methyl/N-ethyl adjacent to an activating group) is 1. The summed E-state index contributed by atoms with van der Waals surface area (Å²) in [6, 6.07) is 0.509. The highest BCUT2D eigenvalue weighted by Crippen LogP contribution is 2.07. The SMILES string of the molecule is CC.CCC(=O)N1CCN(C)C(C)C1. The fraction of sp³-hybridized carbons (Fsp3) is 0.909. The quantitative estimate of drug-likeness (QED) is 0.641. The molecule has 1 aliphatic rings. The number of rotatable bonds is 1. The molecule has 0 spiro atoms. The molecule has 0 bridgehead atoms. The summed E-state index contributed by atoms with van der Waals surface area (Å²) in [5, 5.41) is 0. The Balaban J connectivity index is 0.000000791. The summed E-state index contributed by atoms with van der Waals surface area (Å²) in [7, 11) is 2.11. The summed E-state index contributed by atoms with van der Waals surface area (Å²) in [5.41, 5.74) is 0. The number of nitrogens with zero attached hydrogens (tertiary/aromatic N) is 2. The van der Waals surface area contributed by atoms with Gasteiger partial charge >= 0.3 is 0 Å². The van der Waals surface area contributed by atoms with Gasteiger partial charge in [-0.2, -0.15) is 0 Å². The van der Waals surface area contributed by atoms with Gasteiger partial charge in [0, 0.05) is 32.1 Å². The lowest BCUT2D eigenvalue weighted by molar-refractivity contribution is -0.133. The van der Waals surface area contributed by atoms with Crippen LogP contribution in [0, 0.1) is 0 Å². The molecule has 1 heterocycles. The average molecular weight is 200 g/mol. The molecule has 84 valence electrons. The zero-order chi connectivity index (χ0) is 11.1. The molecule has 1 rings (SSSR count). The summed E-state index contributed by atoms with van der Waals surface area (Å²) in [4.78, 5) is 15.6. The van der Waals surface area contributed by atoms with E-state index in [2.05, 4.69) is 18.9 Å². The monoisotopic (exact) mass is 200 g/mol. The van der Waals surface area contributed by atoms with Crippen molar-refractivity contribution in [3.63, 3.8) is 0 Å². The Morgan fingerprint density at radius 1 is 1.36 bits per heavy atom. The Kier molecular flexibility index (Phi) is 6.54. The van der Waals surface area contributed by atoms with Gasteiger partial charge in [0.15, 0.2) is 0 Å². The first-order valence-electron chi connectivity index (χ1n) is 5.63. The Labute approximate surface area is 88.1 Å². The molecule has 0 saturated carbocycles. The van der Waals surface area contributed by atoms with Crippen LogP contribution in [0.1, 0.15) is 34.1 Å². The molecule has 1 unspecified atom stereocenters. The topological polar surface area (TPSA) is 23.6 Å². The Hall–Kier alpha value is -0.570. The molecule has 1 saturated heterocycles. The van der Waals surface area contributed by atoms with Crippen molar-refractivity contribution in [3.05, 3.63) is 0 Å². The van der Waals surface area contributed by atoms with Crippen LogP contribution in [0.15, 0.2) is 0 Å². The summed E-state index contributed by atoms with van der Waals surface area (Å²) in [5.74, 6) is 0.287. The molecule has 1 fully saturated rings. The number of hydrogen-bond acceptors (Lipinski definition) is 2. The van der Waals surface area contributed by atoms with Crippen LogP contribution in [0.25, 0.3) is 0 Å². The minimum atomic E-state index is 0.287. The molecular formula is C11H24N2O. The van der Waals surface area contributed by atoms with E-state index in [9.17, 15) is 4.79 Å². The largest absolute Gasteiger partial charge is 0.340 e. The van der Waals surface area contributed by atoms with E-state index in [-0.39, 0.29) is 5.91 Å². The Morgan fingerprint density at radius 3 is 2.36 bits per heavy atom. The smallest absolute Gasteiger partial charge is 0.222 e. The minimum Gasteiger partial charge on any atom is -0.340 e. The molecular weight excluding hydrogens is 176 g/mol. The van der Waals surface area contributed by atoms with Gasteiger partial charge in [0.25, 0.3) is 0 Å². The first kappa shape index (κ1) is 13.4. The van der Waals surface area contributed by atoms with Gasteiger partial charge in [-0.15, -0.1) is 0 Å². The van der Waals surface area contributed by atoms with Crippen LogP contribution in [-0.2, 0) is 4.79 Å². The van der Waals surface area contributed by atoms with Gasteiger partial charge < -0.3 is 9.80 Å². The lowest BCUT2D eigenvalue weighted by Crippen LogP contribution is -2.51. The second kappa shape index (κ2) is 6.82. The van der Waals surface area contributed by atoms with Crippen LogP contribution in [0.5, 0.6) is 0 Å². The molecule has 0 aliphatic carbocycles. The predicted molar refractivity (Wildman–Crippen MR) is 60.3 cm³/mol. The van der Waals surface area contributed by atoms with Crippen LogP contribution in [0.2, 0.25) is 0 Å². The number of amides is 1. The van der Waals surface area contributed by atoms with Gasteiger partial charge in [-0.1, -0.05) is 20.8 Å². The normalized spacial score (nSPS) is 22.6. The molecule has 0 aromatic rings. The first-order chi connectivity index (χ1) is 6.65. The molecule has 1 atom stereocenters. The molecule has 0 aromatic carbocycles. The molecule has 0 N–H and O–H groups in total. The summed E-state index contributed by atoms with van der Waals surface area (Å²) in [6.45, 7) is 10.9. The number of hydrogen-bond donors (Lipinski definition) is 0. The third-order valence-corrected chi connectivity index (χ3v) is 2.61. The van der Waals surface area contributed by atoms with Crippen LogP contribution in [0.3, 0.4) is 0 Å². The number of carbonyl (C=O) groups is 1. The van der Waals surface area contributed by atoms with E-state index in [1.807, 2.05) is 25.7 Å². The average Bonchev–Trinajstić information content (AvgIpc) is 2.24. The van der Waals surface area contributed by atoms with Crippen molar-refractivity contribution < 1.29 is 4.79 Å². The third kappa shape index (κ3) is 3.66. The lowest BCUT2D eigenvalue weighted by Gasteiger charge is -2.37. The zero-order valence-corrected chi connectivity index (χ0v) is 10.2. The van der Waals surface area contributed by atoms with Crippen molar-refractivity contribution >= 4 is 5.91 Å². The molecule has 1 aliphatic heterocycles. The van der Waals surface area contributed by atoms with Gasteiger partial charge in [-0.05, 0) is 14.0 Å². The fourth-order valence-electron chi connectivity index (χ4n) is 1.50. The van der Waals surface area contributed by atoms with Crippen molar-refractivity contribution in [1.82, 2.24) is 9.80 Å². The molecule has 14 heavy (non-hydrogen) atoms. The van der Waals surface area contributed by atoms with E-state index in [1.54, 1.807) is 0 Å². The van der Waals surface area contributed by atoms with E-state index in [0.29, 0.717) is 12.5 Å². The maximum atomic E-state index is 11.3. The van der Waals surface area contributed by atoms with E-state index in [1.165, 1.54) is 0 Å². The van der Waals surface area contributed by atoms with Crippen LogP contribution in [0.4, 0.5) is 0 Å². The van der Waals surface area contributed by atoms with Gasteiger partial charge in [0.2, 0.25) is 5.91 Å². The van der Waals surface area contributed by atoms with Crippen molar-refractivity contribution in [2.75, 3.05) is 26.7 Å².